The Bertz CT molecular complexity index is 908. The molecule has 0 radical (unpaired) electrons. The summed E-state index contributed by atoms with van der Waals surface area (Å²) in [6, 6.07) is 15.5. The number of benzene rings is 2. The number of ether oxygens (including phenoxy) is 4. The van der Waals surface area contributed by atoms with Crippen LogP contribution in [0.5, 0.6) is 11.5 Å². The molecule has 0 saturated carbocycles. The van der Waals surface area contributed by atoms with Gasteiger partial charge in [-0.15, -0.1) is 0 Å². The first-order valence-corrected chi connectivity index (χ1v) is 19.9. The van der Waals surface area contributed by atoms with Crippen LogP contribution in [-0.2, 0) is 22.7 Å². The first kappa shape index (κ1) is 41.5. The zero-order chi connectivity index (χ0) is 34.2. The van der Waals surface area contributed by atoms with Gasteiger partial charge in [-0.25, -0.2) is 4.79 Å². The van der Waals surface area contributed by atoms with Crippen LogP contribution in [0.2, 0.25) is 0 Å². The molecule has 0 saturated heterocycles. The lowest BCUT2D eigenvalue weighted by molar-refractivity contribution is 0.0446. The normalized spacial score (nSPS) is 11.0. The second-order valence-corrected chi connectivity index (χ2v) is 13.6. The van der Waals surface area contributed by atoms with Crippen LogP contribution >= 0.6 is 0 Å². The average Bonchev–Trinajstić information content (AvgIpc) is 3.11. The van der Waals surface area contributed by atoms with E-state index in [4.69, 9.17) is 18.9 Å². The fourth-order valence-electron chi connectivity index (χ4n) is 5.96. The molecule has 0 bridgehead atoms. The van der Waals surface area contributed by atoms with Crippen molar-refractivity contribution in [1.82, 2.24) is 0 Å². The maximum absolute atomic E-state index is 12.1. The highest BCUT2D eigenvalue weighted by atomic mass is 16.7. The van der Waals surface area contributed by atoms with Gasteiger partial charge in [0.25, 0.3) is 0 Å². The molecule has 0 spiro atoms. The van der Waals surface area contributed by atoms with E-state index in [-0.39, 0.29) is 13.2 Å². The van der Waals surface area contributed by atoms with E-state index in [1.54, 1.807) is 0 Å². The minimum atomic E-state index is -0.672. The Labute approximate surface area is 294 Å². The van der Waals surface area contributed by atoms with Crippen LogP contribution in [0, 0.1) is 0 Å². The lowest BCUT2D eigenvalue weighted by atomic mass is 10.1. The fraction of sp³-hybridized carbons (Fsp3) is 0.698. The lowest BCUT2D eigenvalue weighted by Crippen LogP contribution is -2.07. The van der Waals surface area contributed by atoms with Gasteiger partial charge < -0.3 is 18.9 Å². The van der Waals surface area contributed by atoms with Gasteiger partial charge in [-0.1, -0.05) is 179 Å². The summed E-state index contributed by atoms with van der Waals surface area (Å²) in [4.78, 5) is 12.1. The fourth-order valence-corrected chi connectivity index (χ4v) is 5.96. The third-order valence-corrected chi connectivity index (χ3v) is 9.09. The molecule has 0 fully saturated rings. The largest absolute Gasteiger partial charge is 0.508 e. The van der Waals surface area contributed by atoms with Crippen molar-refractivity contribution in [3.05, 3.63) is 59.7 Å². The SMILES string of the molecule is CCCCCCCCCCCCCCOc1ccc(COC(=O)OCc2ccc(OCCCCCCCCCCCCCC)cc2)cc1. The minimum absolute atomic E-state index is 0.170. The van der Waals surface area contributed by atoms with E-state index in [2.05, 4.69) is 13.8 Å². The topological polar surface area (TPSA) is 54.0 Å². The summed E-state index contributed by atoms with van der Waals surface area (Å²) in [5.41, 5.74) is 1.80. The number of hydrogen-bond donors (Lipinski definition) is 0. The predicted octanol–water partition coefficient (Wildman–Crippen LogP) is 13.7. The van der Waals surface area contributed by atoms with Crippen molar-refractivity contribution < 1.29 is 23.7 Å². The van der Waals surface area contributed by atoms with Gasteiger partial charge in [-0.05, 0) is 48.2 Å². The Hall–Kier alpha value is -2.69. The Morgan fingerprint density at radius 2 is 0.667 bits per heavy atom. The molecule has 0 amide bonds. The predicted molar refractivity (Wildman–Crippen MR) is 201 cm³/mol. The van der Waals surface area contributed by atoms with Crippen molar-refractivity contribution in [2.45, 2.75) is 181 Å². The van der Waals surface area contributed by atoms with Gasteiger partial charge in [0, 0.05) is 0 Å². The number of carbonyl (C=O) groups is 1. The minimum Gasteiger partial charge on any atom is -0.494 e. The van der Waals surface area contributed by atoms with E-state index in [1.807, 2.05) is 48.5 Å². The highest BCUT2D eigenvalue weighted by molar-refractivity contribution is 5.60. The molecule has 2 aromatic carbocycles. The van der Waals surface area contributed by atoms with Crippen molar-refractivity contribution in [1.29, 1.82) is 0 Å². The molecular formula is C43H70O5. The molecule has 5 heteroatoms. The van der Waals surface area contributed by atoms with Gasteiger partial charge in [-0.2, -0.15) is 0 Å². The highest BCUT2D eigenvalue weighted by Crippen LogP contribution is 2.17. The van der Waals surface area contributed by atoms with Crippen molar-refractivity contribution >= 4 is 6.16 Å². The van der Waals surface area contributed by atoms with Crippen molar-refractivity contribution in [2.24, 2.45) is 0 Å². The average molecular weight is 667 g/mol. The second kappa shape index (κ2) is 30.4. The van der Waals surface area contributed by atoms with Crippen LogP contribution in [0.3, 0.4) is 0 Å². The van der Waals surface area contributed by atoms with Gasteiger partial charge in [0.15, 0.2) is 0 Å². The van der Waals surface area contributed by atoms with E-state index in [1.165, 1.54) is 141 Å². The molecule has 48 heavy (non-hydrogen) atoms. The lowest BCUT2D eigenvalue weighted by Gasteiger charge is -2.09. The molecule has 2 rings (SSSR count). The van der Waals surface area contributed by atoms with Crippen molar-refractivity contribution in [2.75, 3.05) is 13.2 Å². The third kappa shape index (κ3) is 23.6. The Balaban J connectivity index is 1.42. The van der Waals surface area contributed by atoms with Crippen LogP contribution < -0.4 is 9.47 Å². The van der Waals surface area contributed by atoms with E-state index >= 15 is 0 Å². The molecule has 0 N–H and O–H groups in total. The van der Waals surface area contributed by atoms with Crippen LogP contribution in [0.1, 0.15) is 179 Å². The highest BCUT2D eigenvalue weighted by Gasteiger charge is 2.06. The van der Waals surface area contributed by atoms with E-state index in [0.29, 0.717) is 0 Å². The summed E-state index contributed by atoms with van der Waals surface area (Å²) in [7, 11) is 0. The van der Waals surface area contributed by atoms with E-state index in [9.17, 15) is 4.79 Å². The molecule has 5 nitrogen and oxygen atoms in total. The molecule has 0 aliphatic rings. The van der Waals surface area contributed by atoms with E-state index < -0.39 is 6.16 Å². The summed E-state index contributed by atoms with van der Waals surface area (Å²) in [5, 5.41) is 0. The standard InChI is InChI=1S/C43H70O5/c1-3-5-7-9-11-13-15-17-19-21-23-25-35-45-41-31-27-39(28-32-41)37-47-43(44)48-38-40-29-33-42(34-30-40)46-36-26-24-22-20-18-16-14-12-10-8-6-4-2/h27-34H,3-26,35-38H2,1-2H3. The molecule has 0 aliphatic heterocycles. The summed E-state index contributed by atoms with van der Waals surface area (Å²) < 4.78 is 22.4. The first-order chi connectivity index (χ1) is 23.7. The Morgan fingerprint density at radius 3 is 0.958 bits per heavy atom. The summed E-state index contributed by atoms with van der Waals surface area (Å²) in [6.07, 6.45) is 31.5. The maximum atomic E-state index is 12.1. The van der Waals surface area contributed by atoms with Gasteiger partial charge in [0.05, 0.1) is 13.2 Å². The number of rotatable bonds is 32. The van der Waals surface area contributed by atoms with Gasteiger partial charge in [0.2, 0.25) is 0 Å². The van der Waals surface area contributed by atoms with Crippen LogP contribution in [-0.4, -0.2) is 19.4 Å². The number of hydrogen-bond acceptors (Lipinski definition) is 5. The zero-order valence-corrected chi connectivity index (χ0v) is 31.0. The summed E-state index contributed by atoms with van der Waals surface area (Å²) in [5.74, 6) is 1.71. The molecule has 0 heterocycles. The quantitative estimate of drug-likeness (QED) is 0.0574. The van der Waals surface area contributed by atoms with Gasteiger partial charge in [0.1, 0.15) is 24.7 Å². The molecule has 0 unspecified atom stereocenters. The van der Waals surface area contributed by atoms with Crippen LogP contribution in [0.15, 0.2) is 48.5 Å². The molecule has 0 atom stereocenters. The summed E-state index contributed by atoms with van der Waals surface area (Å²) in [6.45, 7) is 6.38. The van der Waals surface area contributed by atoms with Crippen LogP contribution in [0.25, 0.3) is 0 Å². The van der Waals surface area contributed by atoms with Crippen molar-refractivity contribution in [3.8, 4) is 11.5 Å². The van der Waals surface area contributed by atoms with Gasteiger partial charge >= 0.3 is 6.16 Å². The summed E-state index contributed by atoms with van der Waals surface area (Å²) >= 11 is 0. The zero-order valence-electron chi connectivity index (χ0n) is 31.0. The maximum Gasteiger partial charge on any atom is 0.508 e. The molecule has 0 aromatic heterocycles. The van der Waals surface area contributed by atoms with Crippen LogP contribution in [0.4, 0.5) is 4.79 Å². The van der Waals surface area contributed by atoms with E-state index in [0.717, 1.165) is 48.7 Å². The molecule has 2 aromatic rings. The molecule has 0 aliphatic carbocycles. The monoisotopic (exact) mass is 667 g/mol. The third-order valence-electron chi connectivity index (χ3n) is 9.09. The van der Waals surface area contributed by atoms with Crippen molar-refractivity contribution in [3.63, 3.8) is 0 Å². The molecular weight excluding hydrogens is 596 g/mol. The number of unbranched alkanes of at least 4 members (excludes halogenated alkanes) is 22. The molecule has 272 valence electrons. The number of carbonyl (C=O) groups excluding carboxylic acids is 1. The smallest absolute Gasteiger partial charge is 0.494 e. The first-order valence-electron chi connectivity index (χ1n) is 19.9. The Morgan fingerprint density at radius 1 is 0.396 bits per heavy atom. The van der Waals surface area contributed by atoms with Gasteiger partial charge in [-0.3, -0.25) is 0 Å². The second-order valence-electron chi connectivity index (χ2n) is 13.6. The Kier molecular flexibility index (Phi) is 26.2.